The number of carbonyl (C=O) groups excluding carboxylic acids is 2. The molecule has 2 unspecified atom stereocenters. The lowest BCUT2D eigenvalue weighted by molar-refractivity contribution is -0.169. The van der Waals surface area contributed by atoms with E-state index in [4.69, 9.17) is 9.26 Å². The molecule has 2 N–H and O–H groups in total. The summed E-state index contributed by atoms with van der Waals surface area (Å²) in [7, 11) is 0. The first kappa shape index (κ1) is 25.2. The van der Waals surface area contributed by atoms with Gasteiger partial charge in [-0.15, -0.1) is 6.58 Å². The average Bonchev–Trinajstić information content (AvgIpc) is 3.10. The highest BCUT2D eigenvalue weighted by Gasteiger charge is 2.47. The van der Waals surface area contributed by atoms with Gasteiger partial charge in [-0.25, -0.2) is 0 Å². The molecule has 0 spiro atoms. The number of anilines is 1. The Bertz CT molecular complexity index is 995. The molecule has 2 fully saturated rings. The summed E-state index contributed by atoms with van der Waals surface area (Å²) in [4.78, 5) is 25.8. The maximum absolute atomic E-state index is 13.7. The van der Waals surface area contributed by atoms with E-state index >= 15 is 0 Å². The van der Waals surface area contributed by atoms with Gasteiger partial charge in [0.1, 0.15) is 6.10 Å². The number of benzene rings is 1. The predicted molar refractivity (Wildman–Crippen MR) is 135 cm³/mol. The van der Waals surface area contributed by atoms with E-state index in [1.165, 1.54) is 12.8 Å². The molecule has 0 bridgehead atoms. The zero-order valence-corrected chi connectivity index (χ0v) is 20.6. The second kappa shape index (κ2) is 11.7. The van der Waals surface area contributed by atoms with Crippen LogP contribution in [0.5, 0.6) is 0 Å². The number of aromatic nitrogens is 1. The first-order chi connectivity index (χ1) is 17.0. The number of carbonyl (C=O) groups is 2. The number of amides is 1. The minimum atomic E-state index is -0.545. The molecular weight excluding hydrogens is 442 g/mol. The Hall–Kier alpha value is -2.93. The van der Waals surface area contributed by atoms with Crippen molar-refractivity contribution in [3.63, 3.8) is 0 Å². The summed E-state index contributed by atoms with van der Waals surface area (Å²) >= 11 is 0. The topological polar surface area (TPSA) is 93.5 Å². The van der Waals surface area contributed by atoms with Crippen LogP contribution in [0, 0.1) is 18.8 Å². The third kappa shape index (κ3) is 6.01. The van der Waals surface area contributed by atoms with Crippen molar-refractivity contribution in [2.24, 2.45) is 11.8 Å². The molecule has 0 saturated heterocycles. The van der Waals surface area contributed by atoms with Crippen LogP contribution >= 0.6 is 0 Å². The second-order valence-electron chi connectivity index (χ2n) is 9.95. The van der Waals surface area contributed by atoms with Gasteiger partial charge in [0.15, 0.2) is 0 Å². The Morgan fingerprint density at radius 1 is 1.20 bits per heavy atom. The lowest BCUT2D eigenvalue weighted by atomic mass is 9.68. The molecule has 7 heteroatoms. The number of allylic oxidation sites excluding steroid dienone is 1. The van der Waals surface area contributed by atoms with E-state index in [-0.39, 0.29) is 30.4 Å². The number of hydrogen-bond acceptors (Lipinski definition) is 6. The molecule has 2 saturated carbocycles. The Morgan fingerprint density at radius 3 is 2.60 bits per heavy atom. The normalized spacial score (nSPS) is 23.5. The summed E-state index contributed by atoms with van der Waals surface area (Å²) in [5.74, 6) is 0.622. The summed E-state index contributed by atoms with van der Waals surface area (Å²) in [5.41, 5.74) is 1.25. The van der Waals surface area contributed by atoms with Crippen LogP contribution in [-0.4, -0.2) is 36.2 Å². The Labute approximate surface area is 207 Å². The first-order valence-electron chi connectivity index (χ1n) is 12.8. The number of ether oxygens (including phenoxy) is 1. The smallest absolute Gasteiger partial charge is 0.316 e. The average molecular weight is 480 g/mol. The lowest BCUT2D eigenvalue weighted by Gasteiger charge is -2.44. The number of esters is 1. The SMILES string of the molecule is C=CC1C[C@H](OC(=O)C2(c3ccccc3)CCCCCC2)C1CCNCC(=O)Nc1cc(C)no1. The Morgan fingerprint density at radius 2 is 1.94 bits per heavy atom. The van der Waals surface area contributed by atoms with Crippen molar-refractivity contribution in [1.29, 1.82) is 0 Å². The summed E-state index contributed by atoms with van der Waals surface area (Å²) in [5, 5.41) is 9.62. The molecule has 1 aromatic carbocycles. The van der Waals surface area contributed by atoms with Crippen LogP contribution in [0.2, 0.25) is 0 Å². The maximum atomic E-state index is 13.7. The molecule has 2 aromatic rings. The fourth-order valence-electron chi connectivity index (χ4n) is 5.53. The molecule has 4 rings (SSSR count). The van der Waals surface area contributed by atoms with Crippen molar-refractivity contribution < 1.29 is 18.8 Å². The number of hydrogen-bond donors (Lipinski definition) is 2. The molecular formula is C28H37N3O4. The minimum absolute atomic E-state index is 0.0715. The van der Waals surface area contributed by atoms with Crippen LogP contribution in [0.4, 0.5) is 5.88 Å². The number of rotatable bonds is 10. The van der Waals surface area contributed by atoms with Gasteiger partial charge in [0, 0.05) is 12.0 Å². The van der Waals surface area contributed by atoms with Crippen molar-refractivity contribution in [2.75, 3.05) is 18.4 Å². The van der Waals surface area contributed by atoms with Crippen LogP contribution in [0.25, 0.3) is 0 Å². The van der Waals surface area contributed by atoms with Gasteiger partial charge in [0.2, 0.25) is 11.8 Å². The number of nitrogens with zero attached hydrogens (tertiary/aromatic N) is 1. The van der Waals surface area contributed by atoms with E-state index < -0.39 is 5.41 Å². The van der Waals surface area contributed by atoms with Crippen LogP contribution in [-0.2, 0) is 19.7 Å². The molecule has 35 heavy (non-hydrogen) atoms. The molecule has 2 aliphatic carbocycles. The van der Waals surface area contributed by atoms with E-state index in [0.29, 0.717) is 24.0 Å². The summed E-state index contributed by atoms with van der Waals surface area (Å²) < 4.78 is 11.2. The minimum Gasteiger partial charge on any atom is -0.461 e. The van der Waals surface area contributed by atoms with E-state index in [1.54, 1.807) is 13.0 Å². The van der Waals surface area contributed by atoms with E-state index in [9.17, 15) is 9.59 Å². The molecule has 3 atom stereocenters. The quantitative estimate of drug-likeness (QED) is 0.217. The van der Waals surface area contributed by atoms with Crippen molar-refractivity contribution in [1.82, 2.24) is 10.5 Å². The molecule has 7 nitrogen and oxygen atoms in total. The maximum Gasteiger partial charge on any atom is 0.316 e. The molecule has 1 aromatic heterocycles. The van der Waals surface area contributed by atoms with Gasteiger partial charge in [-0.1, -0.05) is 67.2 Å². The Balaban J connectivity index is 1.31. The highest BCUT2D eigenvalue weighted by molar-refractivity contribution is 5.90. The van der Waals surface area contributed by atoms with Gasteiger partial charge >= 0.3 is 5.97 Å². The van der Waals surface area contributed by atoms with Crippen LogP contribution in [0.1, 0.15) is 62.6 Å². The van der Waals surface area contributed by atoms with Gasteiger partial charge in [-0.2, -0.15) is 0 Å². The number of aryl methyl sites for hydroxylation is 1. The van der Waals surface area contributed by atoms with Crippen molar-refractivity contribution in [3.8, 4) is 0 Å². The van der Waals surface area contributed by atoms with Crippen molar-refractivity contribution in [3.05, 3.63) is 60.3 Å². The predicted octanol–water partition coefficient (Wildman–Crippen LogP) is 4.93. The van der Waals surface area contributed by atoms with E-state index in [0.717, 1.165) is 44.1 Å². The summed E-state index contributed by atoms with van der Waals surface area (Å²) in [6.07, 6.45) is 9.61. The Kier molecular flexibility index (Phi) is 8.39. The third-order valence-electron chi connectivity index (χ3n) is 7.60. The zero-order valence-electron chi connectivity index (χ0n) is 20.6. The zero-order chi connectivity index (χ0) is 24.7. The first-order valence-corrected chi connectivity index (χ1v) is 12.8. The summed E-state index contributed by atoms with van der Waals surface area (Å²) in [6, 6.07) is 11.9. The largest absolute Gasteiger partial charge is 0.461 e. The standard InChI is InChI=1S/C28H37N3O4/c1-3-21-18-24(23(21)13-16-29-19-25(32)30-26-17-20(2)31-35-26)34-27(33)28(14-9-4-5-10-15-28)22-11-7-6-8-12-22/h3,6-8,11-12,17,21,23-24,29H,1,4-5,9-10,13-16,18-19H2,2H3,(H,30,32)/t21?,23?,24-/m0/s1. The molecule has 0 radical (unpaired) electrons. The molecule has 1 amide bonds. The van der Waals surface area contributed by atoms with Gasteiger partial charge in [0.25, 0.3) is 0 Å². The van der Waals surface area contributed by atoms with E-state index in [2.05, 4.69) is 34.5 Å². The van der Waals surface area contributed by atoms with Gasteiger partial charge in [-0.05, 0) is 50.6 Å². The fraction of sp³-hybridized carbons (Fsp3) is 0.536. The third-order valence-corrected chi connectivity index (χ3v) is 7.60. The monoisotopic (exact) mass is 479 g/mol. The second-order valence-corrected chi connectivity index (χ2v) is 9.95. The number of nitrogens with one attached hydrogen (secondary N) is 2. The summed E-state index contributed by atoms with van der Waals surface area (Å²) in [6.45, 7) is 6.59. The molecule has 0 aliphatic heterocycles. The molecule has 1 heterocycles. The molecule has 188 valence electrons. The van der Waals surface area contributed by atoms with Crippen LogP contribution in [0.15, 0.2) is 53.6 Å². The fourth-order valence-corrected chi connectivity index (χ4v) is 5.53. The van der Waals surface area contributed by atoms with Gasteiger partial charge in [0.05, 0.1) is 17.7 Å². The highest BCUT2D eigenvalue weighted by Crippen LogP contribution is 2.44. The lowest BCUT2D eigenvalue weighted by Crippen LogP contribution is -2.48. The van der Waals surface area contributed by atoms with Gasteiger partial charge in [-0.3, -0.25) is 14.9 Å². The van der Waals surface area contributed by atoms with E-state index in [1.807, 2.05) is 24.3 Å². The van der Waals surface area contributed by atoms with Crippen LogP contribution < -0.4 is 10.6 Å². The van der Waals surface area contributed by atoms with Crippen molar-refractivity contribution >= 4 is 17.8 Å². The highest BCUT2D eigenvalue weighted by atomic mass is 16.5. The van der Waals surface area contributed by atoms with Crippen LogP contribution in [0.3, 0.4) is 0 Å². The van der Waals surface area contributed by atoms with Gasteiger partial charge < -0.3 is 14.6 Å². The molecule has 2 aliphatic rings. The van der Waals surface area contributed by atoms with Crippen molar-refractivity contribution in [2.45, 2.75) is 69.8 Å².